The molecule has 0 fully saturated rings. The van der Waals surface area contributed by atoms with Crippen molar-refractivity contribution in [3.05, 3.63) is 35.3 Å². The molecule has 78 valence electrons. The smallest absolute Gasteiger partial charge is 0.323 e. The third-order valence-corrected chi connectivity index (χ3v) is 2.75. The molecule has 0 aromatic carbocycles. The third-order valence-electron chi connectivity index (χ3n) is 1.86. The Kier molecular flexibility index (Phi) is 2.86. The normalized spacial score (nSPS) is 14.8. The van der Waals surface area contributed by atoms with Crippen LogP contribution >= 0.6 is 11.8 Å². The van der Waals surface area contributed by atoms with E-state index in [-0.39, 0.29) is 5.69 Å². The first-order chi connectivity index (χ1) is 7.27. The zero-order valence-electron chi connectivity index (χ0n) is 7.84. The van der Waals surface area contributed by atoms with Crippen LogP contribution in [0.15, 0.2) is 29.4 Å². The standard InChI is InChI=1S/C9H9N3O2S/c13-8(11-9-10-4-6-15-9)7-3-1-2-5-12(7)14/h1-3,5H,4,6H2,(H,10,11,13). The zero-order chi connectivity index (χ0) is 10.7. The van der Waals surface area contributed by atoms with Crippen LogP contribution < -0.4 is 10.0 Å². The van der Waals surface area contributed by atoms with Crippen molar-refractivity contribution in [2.75, 3.05) is 12.3 Å². The largest absolute Gasteiger partial charge is 0.618 e. The quantitative estimate of drug-likeness (QED) is 0.544. The van der Waals surface area contributed by atoms with Gasteiger partial charge in [-0.05, 0) is 6.07 Å². The molecule has 1 aromatic heterocycles. The van der Waals surface area contributed by atoms with Gasteiger partial charge >= 0.3 is 5.91 Å². The molecule has 1 aliphatic rings. The Labute approximate surface area is 90.8 Å². The van der Waals surface area contributed by atoms with Crippen LogP contribution in [0.3, 0.4) is 0 Å². The highest BCUT2D eigenvalue weighted by Crippen LogP contribution is 2.09. The molecular weight excluding hydrogens is 214 g/mol. The molecule has 0 saturated carbocycles. The van der Waals surface area contributed by atoms with Gasteiger partial charge < -0.3 is 5.21 Å². The first-order valence-electron chi connectivity index (χ1n) is 4.44. The van der Waals surface area contributed by atoms with Gasteiger partial charge in [-0.2, -0.15) is 4.73 Å². The molecule has 2 rings (SSSR count). The highest BCUT2D eigenvalue weighted by molar-refractivity contribution is 8.14. The molecular formula is C9H9N3O2S. The number of hydrogen-bond donors (Lipinski definition) is 1. The van der Waals surface area contributed by atoms with Gasteiger partial charge in [-0.1, -0.05) is 11.8 Å². The van der Waals surface area contributed by atoms with Crippen molar-refractivity contribution in [2.24, 2.45) is 4.99 Å². The summed E-state index contributed by atoms with van der Waals surface area (Å²) in [5.41, 5.74) is 0.0766. The van der Waals surface area contributed by atoms with E-state index in [1.54, 1.807) is 12.1 Å². The Morgan fingerprint density at radius 3 is 3.13 bits per heavy atom. The van der Waals surface area contributed by atoms with E-state index in [2.05, 4.69) is 10.3 Å². The van der Waals surface area contributed by atoms with E-state index in [4.69, 9.17) is 0 Å². The van der Waals surface area contributed by atoms with Crippen LogP contribution in [0.1, 0.15) is 10.5 Å². The van der Waals surface area contributed by atoms with E-state index in [0.29, 0.717) is 16.4 Å². The number of carbonyl (C=O) groups excluding carboxylic acids is 1. The van der Waals surface area contributed by atoms with Crippen LogP contribution in [-0.2, 0) is 0 Å². The number of carbonyl (C=O) groups is 1. The second-order valence-corrected chi connectivity index (χ2v) is 3.98. The van der Waals surface area contributed by atoms with E-state index >= 15 is 0 Å². The molecule has 0 saturated heterocycles. The van der Waals surface area contributed by atoms with Gasteiger partial charge in [0.05, 0.1) is 6.54 Å². The molecule has 6 heteroatoms. The molecule has 5 nitrogen and oxygen atoms in total. The molecule has 1 aliphatic heterocycles. The lowest BCUT2D eigenvalue weighted by atomic mass is 10.3. The van der Waals surface area contributed by atoms with Gasteiger partial charge in [0.15, 0.2) is 11.4 Å². The highest BCUT2D eigenvalue weighted by atomic mass is 32.2. The van der Waals surface area contributed by atoms with E-state index in [9.17, 15) is 10.0 Å². The summed E-state index contributed by atoms with van der Waals surface area (Å²) in [4.78, 5) is 15.7. The maximum atomic E-state index is 11.6. The molecule has 15 heavy (non-hydrogen) atoms. The summed E-state index contributed by atoms with van der Waals surface area (Å²) in [5.74, 6) is 0.459. The Balaban J connectivity index is 2.11. The Bertz CT molecular complexity index is 420. The second-order valence-electron chi connectivity index (χ2n) is 2.90. The molecule has 0 bridgehead atoms. The summed E-state index contributed by atoms with van der Waals surface area (Å²) in [6.07, 6.45) is 1.29. The van der Waals surface area contributed by atoms with Crippen molar-refractivity contribution < 1.29 is 9.52 Å². The first-order valence-corrected chi connectivity index (χ1v) is 5.43. The topological polar surface area (TPSA) is 68.4 Å². The minimum atomic E-state index is -0.418. The van der Waals surface area contributed by atoms with Gasteiger partial charge in [0.1, 0.15) is 0 Å². The van der Waals surface area contributed by atoms with Crippen LogP contribution in [0.2, 0.25) is 0 Å². The van der Waals surface area contributed by atoms with Crippen LogP contribution in [0.25, 0.3) is 0 Å². The monoisotopic (exact) mass is 223 g/mol. The van der Waals surface area contributed by atoms with E-state index in [1.165, 1.54) is 24.0 Å². The van der Waals surface area contributed by atoms with Gasteiger partial charge in [0, 0.05) is 17.9 Å². The molecule has 0 spiro atoms. The number of hydrogen-bond acceptors (Lipinski definition) is 4. The maximum absolute atomic E-state index is 11.6. The van der Waals surface area contributed by atoms with E-state index in [0.717, 1.165) is 5.75 Å². The van der Waals surface area contributed by atoms with Crippen LogP contribution in [0.5, 0.6) is 0 Å². The predicted molar refractivity (Wildman–Crippen MR) is 57.6 cm³/mol. The SMILES string of the molecule is O=C(NC1=NCCS1)c1cccc[n+]1[O-]. The molecule has 1 amide bonds. The summed E-state index contributed by atoms with van der Waals surface area (Å²) in [7, 11) is 0. The first kappa shape index (κ1) is 9.97. The summed E-state index contributed by atoms with van der Waals surface area (Å²) in [6, 6.07) is 4.70. The van der Waals surface area contributed by atoms with Gasteiger partial charge in [-0.25, -0.2) is 0 Å². The van der Waals surface area contributed by atoms with Gasteiger partial charge in [0.25, 0.3) is 5.69 Å². The van der Waals surface area contributed by atoms with Crippen LogP contribution in [0, 0.1) is 5.21 Å². The number of amidine groups is 1. The second kappa shape index (κ2) is 4.31. The summed E-state index contributed by atoms with van der Waals surface area (Å²) < 4.78 is 0.537. The van der Waals surface area contributed by atoms with E-state index < -0.39 is 5.91 Å². The van der Waals surface area contributed by atoms with Gasteiger partial charge in [0.2, 0.25) is 0 Å². The zero-order valence-corrected chi connectivity index (χ0v) is 8.66. The minimum absolute atomic E-state index is 0.0766. The summed E-state index contributed by atoms with van der Waals surface area (Å²) in [6.45, 7) is 0.715. The number of aromatic nitrogens is 1. The molecule has 0 radical (unpaired) electrons. The third kappa shape index (κ3) is 2.27. The molecule has 2 heterocycles. The number of aliphatic imine (C=N–C) groups is 1. The molecule has 0 atom stereocenters. The van der Waals surface area contributed by atoms with Crippen molar-refractivity contribution in [3.8, 4) is 0 Å². The number of amides is 1. The lowest BCUT2D eigenvalue weighted by Crippen LogP contribution is -2.40. The van der Waals surface area contributed by atoms with Crippen molar-refractivity contribution in [2.45, 2.75) is 0 Å². The molecule has 1 N–H and O–H groups in total. The van der Waals surface area contributed by atoms with Crippen molar-refractivity contribution in [1.29, 1.82) is 0 Å². The average molecular weight is 223 g/mol. The Morgan fingerprint density at radius 1 is 1.60 bits per heavy atom. The fourth-order valence-corrected chi connectivity index (χ4v) is 1.90. The maximum Gasteiger partial charge on any atom is 0.323 e. The number of nitrogens with zero attached hydrogens (tertiary/aromatic N) is 2. The summed E-state index contributed by atoms with van der Waals surface area (Å²) in [5, 5.41) is 14.4. The van der Waals surface area contributed by atoms with Crippen LogP contribution in [-0.4, -0.2) is 23.4 Å². The molecule has 0 aliphatic carbocycles. The number of pyridine rings is 1. The molecule has 1 aromatic rings. The van der Waals surface area contributed by atoms with Crippen molar-refractivity contribution in [1.82, 2.24) is 5.32 Å². The van der Waals surface area contributed by atoms with Crippen molar-refractivity contribution in [3.63, 3.8) is 0 Å². The van der Waals surface area contributed by atoms with E-state index in [1.807, 2.05) is 0 Å². The fourth-order valence-electron chi connectivity index (χ4n) is 1.18. The number of rotatable bonds is 1. The van der Waals surface area contributed by atoms with Crippen molar-refractivity contribution >= 4 is 22.8 Å². The fraction of sp³-hybridized carbons (Fsp3) is 0.222. The minimum Gasteiger partial charge on any atom is -0.618 e. The number of thioether (sulfide) groups is 1. The lowest BCUT2D eigenvalue weighted by Gasteiger charge is -2.04. The summed E-state index contributed by atoms with van der Waals surface area (Å²) >= 11 is 1.48. The average Bonchev–Trinajstić information content (AvgIpc) is 2.71. The molecule has 0 unspecified atom stereocenters. The van der Waals surface area contributed by atoms with Crippen LogP contribution in [0.4, 0.5) is 0 Å². The van der Waals surface area contributed by atoms with Gasteiger partial charge in [-0.15, -0.1) is 0 Å². The Morgan fingerprint density at radius 2 is 2.47 bits per heavy atom. The predicted octanol–water partition coefficient (Wildman–Crippen LogP) is 0.153. The highest BCUT2D eigenvalue weighted by Gasteiger charge is 2.18. The number of nitrogens with one attached hydrogen (secondary N) is 1. The Hall–Kier alpha value is -1.56. The lowest BCUT2D eigenvalue weighted by molar-refractivity contribution is -0.607. The van der Waals surface area contributed by atoms with Gasteiger partial charge in [-0.3, -0.25) is 15.1 Å².